The first-order valence-electron chi connectivity index (χ1n) is 6.77. The van der Waals surface area contributed by atoms with Crippen LogP contribution in [0, 0.1) is 11.8 Å². The van der Waals surface area contributed by atoms with Gasteiger partial charge in [-0.2, -0.15) is 0 Å². The summed E-state index contributed by atoms with van der Waals surface area (Å²) >= 11 is 0. The number of hydrogen-bond acceptors (Lipinski definition) is 2. The Hall–Kier alpha value is -1.26. The molecular formula is C13H24N2O3. The molecule has 1 rings (SSSR count). The lowest BCUT2D eigenvalue weighted by atomic mass is 10.1. The maximum Gasteiger partial charge on any atom is 0.323 e. The molecule has 2 N–H and O–H groups in total. The number of nitrogens with zero attached hydrogens (tertiary/aromatic N) is 1. The van der Waals surface area contributed by atoms with E-state index in [9.17, 15) is 9.59 Å². The molecule has 1 saturated carbocycles. The Balaban J connectivity index is 2.34. The van der Waals surface area contributed by atoms with Crippen molar-refractivity contribution >= 4 is 12.0 Å². The molecule has 2 amide bonds. The molecule has 5 heteroatoms. The van der Waals surface area contributed by atoms with Crippen LogP contribution in [0.3, 0.4) is 0 Å². The minimum atomic E-state index is -0.965. The van der Waals surface area contributed by atoms with Crippen molar-refractivity contribution in [3.8, 4) is 0 Å². The fraction of sp³-hybridized carbons (Fsp3) is 0.846. The second kappa shape index (κ2) is 7.24. The van der Waals surface area contributed by atoms with E-state index in [0.29, 0.717) is 19.0 Å². The van der Waals surface area contributed by atoms with E-state index in [2.05, 4.69) is 12.2 Å². The third-order valence-electron chi connectivity index (χ3n) is 3.45. The topological polar surface area (TPSA) is 69.6 Å². The maximum atomic E-state index is 11.9. The van der Waals surface area contributed by atoms with Crippen molar-refractivity contribution in [2.24, 2.45) is 11.8 Å². The number of carbonyl (C=O) groups is 2. The fourth-order valence-electron chi connectivity index (χ4n) is 2.54. The van der Waals surface area contributed by atoms with Crippen LogP contribution in [0.2, 0.25) is 0 Å². The largest absolute Gasteiger partial charge is 0.480 e. The molecule has 5 nitrogen and oxygen atoms in total. The normalized spacial score (nSPS) is 22.8. The summed E-state index contributed by atoms with van der Waals surface area (Å²) in [5.74, 6) is 0.336. The molecule has 2 unspecified atom stereocenters. The van der Waals surface area contributed by atoms with Crippen LogP contribution < -0.4 is 5.32 Å². The van der Waals surface area contributed by atoms with Gasteiger partial charge < -0.3 is 15.3 Å². The first-order chi connectivity index (χ1) is 8.52. The van der Waals surface area contributed by atoms with E-state index in [4.69, 9.17) is 5.11 Å². The Bertz CT molecular complexity index is 294. The van der Waals surface area contributed by atoms with Gasteiger partial charge >= 0.3 is 12.0 Å². The summed E-state index contributed by atoms with van der Waals surface area (Å²) in [6, 6.07) is -0.251. The van der Waals surface area contributed by atoms with E-state index in [-0.39, 0.29) is 12.6 Å². The van der Waals surface area contributed by atoms with Crippen molar-refractivity contribution in [1.82, 2.24) is 10.2 Å². The molecule has 0 aliphatic heterocycles. The fourth-order valence-corrected chi connectivity index (χ4v) is 2.54. The van der Waals surface area contributed by atoms with E-state index >= 15 is 0 Å². The molecule has 0 spiro atoms. The zero-order valence-electron chi connectivity index (χ0n) is 11.3. The smallest absolute Gasteiger partial charge is 0.323 e. The van der Waals surface area contributed by atoms with E-state index in [0.717, 1.165) is 25.2 Å². The second-order valence-electron chi connectivity index (χ2n) is 5.29. The molecule has 2 atom stereocenters. The quantitative estimate of drug-likeness (QED) is 0.763. The molecular weight excluding hydrogens is 232 g/mol. The molecule has 0 radical (unpaired) electrons. The Morgan fingerprint density at radius 2 is 2.11 bits per heavy atom. The van der Waals surface area contributed by atoms with Crippen LogP contribution in [0.1, 0.15) is 39.5 Å². The minimum absolute atomic E-state index is 0.221. The van der Waals surface area contributed by atoms with Gasteiger partial charge in [0.1, 0.15) is 6.54 Å². The summed E-state index contributed by atoms with van der Waals surface area (Å²) in [7, 11) is 0. The zero-order valence-corrected chi connectivity index (χ0v) is 11.3. The number of rotatable bonds is 6. The Morgan fingerprint density at radius 3 is 2.61 bits per heavy atom. The second-order valence-corrected chi connectivity index (χ2v) is 5.29. The van der Waals surface area contributed by atoms with Crippen molar-refractivity contribution in [2.45, 2.75) is 39.5 Å². The number of nitrogens with one attached hydrogen (secondary N) is 1. The van der Waals surface area contributed by atoms with Gasteiger partial charge in [-0.1, -0.05) is 20.3 Å². The first-order valence-corrected chi connectivity index (χ1v) is 6.77. The molecule has 0 bridgehead atoms. The van der Waals surface area contributed by atoms with E-state index in [1.54, 1.807) is 0 Å². The number of urea groups is 1. The molecule has 104 valence electrons. The molecule has 1 fully saturated rings. The van der Waals surface area contributed by atoms with Crippen molar-refractivity contribution in [3.05, 3.63) is 0 Å². The lowest BCUT2D eigenvalue weighted by Crippen LogP contribution is -2.44. The van der Waals surface area contributed by atoms with Gasteiger partial charge in [-0.05, 0) is 31.1 Å². The molecule has 1 aliphatic rings. The molecule has 0 aromatic rings. The zero-order chi connectivity index (χ0) is 13.5. The minimum Gasteiger partial charge on any atom is -0.480 e. The summed E-state index contributed by atoms with van der Waals surface area (Å²) in [5.41, 5.74) is 0. The Labute approximate surface area is 109 Å². The molecule has 18 heavy (non-hydrogen) atoms. The number of carboxylic acid groups (broad SMARTS) is 1. The van der Waals surface area contributed by atoms with E-state index in [1.165, 1.54) is 11.3 Å². The van der Waals surface area contributed by atoms with Crippen LogP contribution in [0.4, 0.5) is 4.79 Å². The molecule has 0 aromatic heterocycles. The molecule has 1 aliphatic carbocycles. The highest BCUT2D eigenvalue weighted by Crippen LogP contribution is 2.29. The number of aliphatic carboxylic acids is 1. The lowest BCUT2D eigenvalue weighted by Gasteiger charge is -2.21. The Kier molecular flexibility index (Phi) is 5.95. The van der Waals surface area contributed by atoms with E-state index in [1.807, 2.05) is 6.92 Å². The van der Waals surface area contributed by atoms with E-state index < -0.39 is 5.97 Å². The Morgan fingerprint density at radius 1 is 1.39 bits per heavy atom. The van der Waals surface area contributed by atoms with Crippen molar-refractivity contribution in [2.75, 3.05) is 19.6 Å². The predicted molar refractivity (Wildman–Crippen MR) is 69.4 cm³/mol. The van der Waals surface area contributed by atoms with Gasteiger partial charge in [0.25, 0.3) is 0 Å². The number of hydrogen-bond donors (Lipinski definition) is 2. The van der Waals surface area contributed by atoms with Crippen LogP contribution in [0.5, 0.6) is 0 Å². The number of amides is 2. The molecule has 0 aromatic carbocycles. The van der Waals surface area contributed by atoms with Gasteiger partial charge in [-0.25, -0.2) is 4.79 Å². The van der Waals surface area contributed by atoms with Crippen molar-refractivity contribution in [1.29, 1.82) is 0 Å². The summed E-state index contributed by atoms with van der Waals surface area (Å²) in [4.78, 5) is 23.9. The average molecular weight is 256 g/mol. The van der Waals surface area contributed by atoms with Gasteiger partial charge in [0.2, 0.25) is 0 Å². The molecule has 0 saturated heterocycles. The third-order valence-corrected chi connectivity index (χ3v) is 3.45. The highest BCUT2D eigenvalue weighted by molar-refractivity contribution is 5.80. The highest BCUT2D eigenvalue weighted by Gasteiger charge is 2.23. The predicted octanol–water partition coefficient (Wildman–Crippen LogP) is 1.93. The van der Waals surface area contributed by atoms with Gasteiger partial charge in [-0.15, -0.1) is 0 Å². The monoisotopic (exact) mass is 256 g/mol. The first kappa shape index (κ1) is 14.8. The maximum absolute atomic E-state index is 11.9. The van der Waals surface area contributed by atoms with Gasteiger partial charge in [0.05, 0.1) is 0 Å². The number of carboxylic acids is 1. The van der Waals surface area contributed by atoms with Crippen LogP contribution in [0.25, 0.3) is 0 Å². The van der Waals surface area contributed by atoms with Crippen LogP contribution in [-0.4, -0.2) is 41.6 Å². The summed E-state index contributed by atoms with van der Waals surface area (Å²) < 4.78 is 0. The van der Waals surface area contributed by atoms with Crippen molar-refractivity contribution in [3.63, 3.8) is 0 Å². The van der Waals surface area contributed by atoms with Gasteiger partial charge in [0, 0.05) is 13.1 Å². The third kappa shape index (κ3) is 4.94. The SMILES string of the molecule is CCCN(CC(=O)O)C(=O)NCC1CCC(C)C1. The average Bonchev–Trinajstić information content (AvgIpc) is 2.71. The summed E-state index contributed by atoms with van der Waals surface area (Å²) in [5, 5.41) is 11.6. The number of carbonyl (C=O) groups excluding carboxylic acids is 1. The van der Waals surface area contributed by atoms with Crippen molar-refractivity contribution < 1.29 is 14.7 Å². The van der Waals surface area contributed by atoms with Gasteiger partial charge in [-0.3, -0.25) is 4.79 Å². The molecule has 0 heterocycles. The van der Waals surface area contributed by atoms with Crippen LogP contribution in [0.15, 0.2) is 0 Å². The van der Waals surface area contributed by atoms with Crippen LogP contribution >= 0.6 is 0 Å². The standard InChI is InChI=1S/C13H24N2O3/c1-3-6-15(9-12(16)17)13(18)14-8-11-5-4-10(2)7-11/h10-11H,3-9H2,1-2H3,(H,14,18)(H,16,17). The van der Waals surface area contributed by atoms with Crippen LogP contribution in [-0.2, 0) is 4.79 Å². The lowest BCUT2D eigenvalue weighted by molar-refractivity contribution is -0.137. The van der Waals surface area contributed by atoms with Gasteiger partial charge in [0.15, 0.2) is 0 Å². The highest BCUT2D eigenvalue weighted by atomic mass is 16.4. The summed E-state index contributed by atoms with van der Waals surface area (Å²) in [6.07, 6.45) is 4.32. The summed E-state index contributed by atoms with van der Waals surface area (Å²) in [6.45, 7) is 5.10.